The maximum atomic E-state index is 13.2. The Hall–Kier alpha value is -3.07. The summed E-state index contributed by atoms with van der Waals surface area (Å²) >= 11 is 0. The van der Waals surface area contributed by atoms with Crippen LogP contribution in [0.3, 0.4) is 0 Å². The summed E-state index contributed by atoms with van der Waals surface area (Å²) in [5, 5.41) is 60.0. The van der Waals surface area contributed by atoms with Crippen LogP contribution in [0.2, 0.25) is 0 Å². The van der Waals surface area contributed by atoms with Gasteiger partial charge in [0.15, 0.2) is 5.43 Å². The number of aliphatic hydroxyl groups excluding tert-OH is 6. The molecule has 6 N–H and O–H groups in total. The molecule has 8 unspecified atom stereocenters. The van der Waals surface area contributed by atoms with Crippen molar-refractivity contribution in [2.45, 2.75) is 49.2 Å². The fourth-order valence-corrected chi connectivity index (χ4v) is 4.16. The van der Waals surface area contributed by atoms with Gasteiger partial charge in [0.25, 0.3) is 0 Å². The third-order valence-corrected chi connectivity index (χ3v) is 6.23. The number of hydrogen-bond acceptors (Lipinski definition) is 12. The normalized spacial score (nSPS) is 32.3. The Kier molecular flexibility index (Phi) is 7.16. The van der Waals surface area contributed by atoms with Crippen molar-refractivity contribution in [3.05, 3.63) is 58.8 Å². The highest BCUT2D eigenvalue weighted by molar-refractivity contribution is 5.86. The van der Waals surface area contributed by atoms with Gasteiger partial charge < -0.3 is 54.0 Å². The van der Waals surface area contributed by atoms with Crippen molar-refractivity contribution in [2.75, 3.05) is 13.2 Å². The lowest BCUT2D eigenvalue weighted by Gasteiger charge is -2.35. The number of rotatable bonds is 5. The Bertz CT molecular complexity index is 1290. The summed E-state index contributed by atoms with van der Waals surface area (Å²) in [6.07, 6.45) is -11.7. The minimum Gasteiger partial charge on any atom is -0.462 e. The van der Waals surface area contributed by atoms with E-state index in [-0.39, 0.29) is 41.4 Å². The van der Waals surface area contributed by atoms with Crippen LogP contribution < -0.4 is 14.9 Å². The zero-order valence-corrected chi connectivity index (χ0v) is 19.3. The van der Waals surface area contributed by atoms with E-state index in [0.29, 0.717) is 5.56 Å². The van der Waals surface area contributed by atoms with Crippen molar-refractivity contribution in [3.63, 3.8) is 0 Å². The van der Waals surface area contributed by atoms with Gasteiger partial charge in [-0.3, -0.25) is 4.79 Å². The molecule has 0 bridgehead atoms. The van der Waals surface area contributed by atoms with Gasteiger partial charge in [-0.15, -0.1) is 0 Å². The number of ether oxygens (including phenoxy) is 4. The van der Waals surface area contributed by atoms with Crippen molar-refractivity contribution in [1.29, 1.82) is 0 Å². The molecule has 3 heterocycles. The van der Waals surface area contributed by atoms with Crippen LogP contribution in [0.1, 0.15) is 0 Å². The van der Waals surface area contributed by atoms with Crippen molar-refractivity contribution >= 4 is 11.0 Å². The van der Waals surface area contributed by atoms with Crippen molar-refractivity contribution in [1.82, 2.24) is 0 Å². The molecule has 2 aromatic carbocycles. The summed E-state index contributed by atoms with van der Waals surface area (Å²) < 4.78 is 28.0. The zero-order valence-electron chi connectivity index (χ0n) is 19.3. The molecule has 0 spiro atoms. The molecule has 0 radical (unpaired) electrons. The van der Waals surface area contributed by atoms with Crippen LogP contribution in [0, 0.1) is 0 Å². The summed E-state index contributed by atoms with van der Waals surface area (Å²) in [5.41, 5.74) is 0.164. The Balaban J connectivity index is 1.56. The van der Waals surface area contributed by atoms with Crippen LogP contribution in [-0.4, -0.2) is 93.1 Å². The van der Waals surface area contributed by atoms with Crippen molar-refractivity contribution < 1.29 is 54.0 Å². The van der Waals surface area contributed by atoms with Crippen LogP contribution in [0.5, 0.6) is 11.5 Å². The molecule has 0 amide bonds. The molecular weight excluding hydrogens is 492 g/mol. The van der Waals surface area contributed by atoms with Gasteiger partial charge in [-0.1, -0.05) is 30.3 Å². The highest BCUT2D eigenvalue weighted by Gasteiger charge is 2.41. The van der Waals surface area contributed by atoms with E-state index in [1.165, 1.54) is 18.2 Å². The third kappa shape index (κ3) is 5.06. The van der Waals surface area contributed by atoms with Crippen LogP contribution in [-0.2, 0) is 9.47 Å². The van der Waals surface area contributed by atoms with E-state index in [0.717, 1.165) is 0 Å². The van der Waals surface area contributed by atoms with Crippen LogP contribution in [0.4, 0.5) is 0 Å². The minimum atomic E-state index is -1.64. The lowest BCUT2D eigenvalue weighted by molar-refractivity contribution is -0.243. The second-order valence-electron chi connectivity index (χ2n) is 8.87. The largest absolute Gasteiger partial charge is 0.462 e. The van der Waals surface area contributed by atoms with Gasteiger partial charge in [0.2, 0.25) is 12.6 Å². The predicted octanol–water partition coefficient (Wildman–Crippen LogP) is -0.904. The first-order valence-electron chi connectivity index (χ1n) is 11.5. The number of hydrogen-bond donors (Lipinski definition) is 6. The van der Waals surface area contributed by atoms with E-state index in [9.17, 15) is 35.4 Å². The zero-order chi connectivity index (χ0) is 26.3. The summed E-state index contributed by atoms with van der Waals surface area (Å²) in [6.45, 7) is -0.624. The van der Waals surface area contributed by atoms with Gasteiger partial charge >= 0.3 is 0 Å². The first-order valence-corrected chi connectivity index (χ1v) is 11.5. The molecule has 8 atom stereocenters. The summed E-state index contributed by atoms with van der Waals surface area (Å²) in [6, 6.07) is 12.8. The third-order valence-electron chi connectivity index (χ3n) is 6.23. The molecular formula is C25H26O12. The lowest BCUT2D eigenvalue weighted by Crippen LogP contribution is -2.55. The maximum Gasteiger partial charge on any atom is 0.228 e. The van der Waals surface area contributed by atoms with Crippen molar-refractivity contribution in [3.8, 4) is 22.8 Å². The van der Waals surface area contributed by atoms with Crippen LogP contribution >= 0.6 is 0 Å². The fourth-order valence-electron chi connectivity index (χ4n) is 4.16. The molecule has 2 fully saturated rings. The van der Waals surface area contributed by atoms with Gasteiger partial charge in [-0.25, -0.2) is 0 Å². The van der Waals surface area contributed by atoms with Crippen molar-refractivity contribution in [2.24, 2.45) is 0 Å². The van der Waals surface area contributed by atoms with E-state index < -0.39 is 54.6 Å². The average Bonchev–Trinajstić information content (AvgIpc) is 2.89. The fraction of sp³-hybridized carbons (Fsp3) is 0.400. The minimum absolute atomic E-state index is 0.00520. The Morgan fingerprint density at radius 2 is 1.32 bits per heavy atom. The Morgan fingerprint density at radius 1 is 0.730 bits per heavy atom. The monoisotopic (exact) mass is 518 g/mol. The number of aliphatic hydroxyl groups is 6. The van der Waals surface area contributed by atoms with E-state index in [1.54, 1.807) is 24.3 Å². The summed E-state index contributed by atoms with van der Waals surface area (Å²) in [7, 11) is 0. The highest BCUT2D eigenvalue weighted by atomic mass is 16.7. The first kappa shape index (κ1) is 25.6. The second kappa shape index (κ2) is 10.4. The van der Waals surface area contributed by atoms with E-state index in [2.05, 4.69) is 0 Å². The molecule has 2 aliphatic rings. The maximum absolute atomic E-state index is 13.2. The predicted molar refractivity (Wildman–Crippen MR) is 125 cm³/mol. The van der Waals surface area contributed by atoms with Gasteiger partial charge in [0.05, 0.1) is 13.2 Å². The van der Waals surface area contributed by atoms with E-state index >= 15 is 0 Å². The molecule has 2 saturated heterocycles. The molecule has 5 rings (SSSR count). The standard InChI is InChI=1S/C25H26O12/c26-13-8-16(11-4-2-1-3-5-11)36-17-6-12(35-24-22(31)20(29)14(27)9-33-24)7-18(19(13)17)37-25-23(32)21(30)15(28)10-34-25/h1-8,14-15,20-25,27-32H,9-10H2. The molecule has 2 aliphatic heterocycles. The van der Waals surface area contributed by atoms with E-state index in [1.807, 2.05) is 6.07 Å². The molecule has 12 heteroatoms. The lowest BCUT2D eigenvalue weighted by atomic mass is 10.1. The molecule has 0 aliphatic carbocycles. The molecule has 12 nitrogen and oxygen atoms in total. The molecule has 0 saturated carbocycles. The van der Waals surface area contributed by atoms with E-state index in [4.69, 9.17) is 23.4 Å². The molecule has 37 heavy (non-hydrogen) atoms. The second-order valence-corrected chi connectivity index (χ2v) is 8.87. The Labute approximate surface area is 209 Å². The SMILES string of the molecule is O=c1cc(-c2ccccc2)oc2cc(OC3OCC(O)C(O)C3O)cc(OC3OCC(O)C(O)C3O)c12. The molecule has 1 aromatic heterocycles. The quantitative estimate of drug-likeness (QED) is 0.244. The van der Waals surface area contributed by atoms with Crippen LogP contribution in [0.25, 0.3) is 22.3 Å². The Morgan fingerprint density at radius 3 is 1.95 bits per heavy atom. The number of fused-ring (bicyclic) bond motifs is 1. The smallest absolute Gasteiger partial charge is 0.228 e. The molecule has 3 aromatic rings. The average molecular weight is 518 g/mol. The van der Waals surface area contributed by atoms with Gasteiger partial charge in [0, 0.05) is 23.8 Å². The van der Waals surface area contributed by atoms with Gasteiger partial charge in [-0.2, -0.15) is 0 Å². The molecule has 198 valence electrons. The van der Waals surface area contributed by atoms with Gasteiger partial charge in [0.1, 0.15) is 64.9 Å². The summed E-state index contributed by atoms with van der Waals surface area (Å²) in [4.78, 5) is 13.2. The number of benzene rings is 2. The highest BCUT2D eigenvalue weighted by Crippen LogP contribution is 2.35. The topological polar surface area (TPSA) is 189 Å². The summed E-state index contributed by atoms with van der Waals surface area (Å²) in [5.74, 6) is 0.106. The first-order chi connectivity index (χ1) is 17.7. The van der Waals surface area contributed by atoms with Crippen LogP contribution in [0.15, 0.2) is 57.7 Å². The van der Waals surface area contributed by atoms with Gasteiger partial charge in [-0.05, 0) is 0 Å².